The molecule has 0 fully saturated rings. The molecule has 0 aliphatic heterocycles. The first kappa shape index (κ1) is 63.2. The van der Waals surface area contributed by atoms with Gasteiger partial charge >= 0.3 is 0 Å². The van der Waals surface area contributed by atoms with Crippen molar-refractivity contribution in [2.45, 2.75) is 206 Å². The number of likely N-dealkylation sites (N-methyl/N-ethyl adjacent to an activating group) is 1. The molecule has 9 heteroatoms. The summed E-state index contributed by atoms with van der Waals surface area (Å²) in [6.45, 7) is 4.47. The van der Waals surface area contributed by atoms with Crippen LogP contribution in [0.4, 0.5) is 0 Å². The topological polar surface area (TPSA) is 108 Å². The van der Waals surface area contributed by atoms with Crippen LogP contribution in [0.5, 0.6) is 0 Å². The molecular weight excluding hydrogens is 840 g/mol. The van der Waals surface area contributed by atoms with Gasteiger partial charge in [-0.1, -0.05) is 200 Å². The highest BCUT2D eigenvalue weighted by Crippen LogP contribution is 2.38. The quantitative estimate of drug-likeness (QED) is 0.0272. The maximum Gasteiger partial charge on any atom is 0.268 e. The van der Waals surface area contributed by atoms with E-state index in [1.807, 2.05) is 27.2 Å². The van der Waals surface area contributed by atoms with Crippen LogP contribution in [-0.4, -0.2) is 68.5 Å². The fourth-order valence-corrected chi connectivity index (χ4v) is 7.56. The van der Waals surface area contributed by atoms with Crippen LogP contribution in [0.3, 0.4) is 0 Å². The lowest BCUT2D eigenvalue weighted by atomic mass is 10.1. The highest BCUT2D eigenvalue weighted by molar-refractivity contribution is 7.45. The zero-order chi connectivity index (χ0) is 48.5. The molecule has 0 aliphatic rings. The monoisotopic (exact) mass is 939 g/mol. The maximum atomic E-state index is 12.9. The Morgan fingerprint density at radius 2 is 0.939 bits per heavy atom. The Bertz CT molecular complexity index is 1440. The molecule has 2 N–H and O–H groups in total. The molecule has 3 atom stereocenters. The van der Waals surface area contributed by atoms with Gasteiger partial charge in [-0.05, 0) is 96.3 Å². The Balaban J connectivity index is 4.37. The van der Waals surface area contributed by atoms with Crippen LogP contribution in [0.1, 0.15) is 194 Å². The first-order chi connectivity index (χ1) is 32.0. The number of hydrogen-bond donors (Lipinski definition) is 2. The van der Waals surface area contributed by atoms with Crippen molar-refractivity contribution in [3.63, 3.8) is 0 Å². The molecule has 0 saturated carbocycles. The molecule has 0 heterocycles. The van der Waals surface area contributed by atoms with Crippen LogP contribution >= 0.6 is 7.82 Å². The van der Waals surface area contributed by atoms with E-state index in [0.717, 1.165) is 96.3 Å². The van der Waals surface area contributed by atoms with E-state index in [4.69, 9.17) is 9.05 Å². The number of rotatable bonds is 46. The fourth-order valence-electron chi connectivity index (χ4n) is 6.83. The summed E-state index contributed by atoms with van der Waals surface area (Å²) in [6.07, 6.45) is 68.6. The number of phosphoric ester groups is 1. The second-order valence-electron chi connectivity index (χ2n) is 18.5. The van der Waals surface area contributed by atoms with Gasteiger partial charge in [-0.2, -0.15) is 0 Å². The third-order valence-electron chi connectivity index (χ3n) is 10.9. The third-order valence-corrected chi connectivity index (χ3v) is 11.9. The molecule has 378 valence electrons. The molecule has 0 saturated heterocycles. The van der Waals surface area contributed by atoms with Crippen LogP contribution in [0.2, 0.25) is 0 Å². The number of unbranched alkanes of at least 4 members (excludes halogenated alkanes) is 17. The van der Waals surface area contributed by atoms with E-state index in [2.05, 4.69) is 116 Å². The molecule has 8 nitrogen and oxygen atoms in total. The zero-order valence-corrected chi connectivity index (χ0v) is 43.7. The zero-order valence-electron chi connectivity index (χ0n) is 42.9. The van der Waals surface area contributed by atoms with Crippen LogP contribution in [0, 0.1) is 0 Å². The van der Waals surface area contributed by atoms with E-state index in [9.17, 15) is 19.4 Å². The smallest absolute Gasteiger partial charge is 0.268 e. The molecule has 0 aliphatic carbocycles. The number of carbonyl (C=O) groups is 1. The summed E-state index contributed by atoms with van der Waals surface area (Å²) in [7, 11) is 1.21. The van der Waals surface area contributed by atoms with E-state index in [1.54, 1.807) is 6.08 Å². The summed E-state index contributed by atoms with van der Waals surface area (Å²) in [5.74, 6) is -0.225. The summed E-state index contributed by atoms with van der Waals surface area (Å²) >= 11 is 0. The Morgan fingerprint density at radius 1 is 0.545 bits per heavy atom. The molecule has 0 rings (SSSR count). The van der Waals surface area contributed by atoms with E-state index in [0.29, 0.717) is 17.4 Å². The number of allylic oxidation sites excluding steroid dienone is 17. The molecule has 1 amide bonds. The number of aliphatic hydroxyl groups excluding tert-OH is 1. The molecule has 0 bridgehead atoms. The summed E-state index contributed by atoms with van der Waals surface area (Å²) < 4.78 is 23.3. The number of carbonyl (C=O) groups excluding carboxylic acids is 1. The predicted molar refractivity (Wildman–Crippen MR) is 283 cm³/mol. The normalized spacial score (nSPS) is 15.0. The van der Waals surface area contributed by atoms with Gasteiger partial charge in [0.25, 0.3) is 7.82 Å². The number of hydrogen-bond acceptors (Lipinski definition) is 6. The summed E-state index contributed by atoms with van der Waals surface area (Å²) in [5, 5.41) is 13.8. The van der Waals surface area contributed by atoms with Crippen molar-refractivity contribution < 1.29 is 32.9 Å². The Morgan fingerprint density at radius 3 is 1.41 bits per heavy atom. The molecule has 66 heavy (non-hydrogen) atoms. The van der Waals surface area contributed by atoms with Gasteiger partial charge in [0.1, 0.15) is 13.2 Å². The average Bonchev–Trinajstić information content (AvgIpc) is 3.28. The lowest BCUT2D eigenvalue weighted by Crippen LogP contribution is -2.45. The van der Waals surface area contributed by atoms with Crippen molar-refractivity contribution >= 4 is 13.7 Å². The largest absolute Gasteiger partial charge is 0.756 e. The Labute approximate surface area is 406 Å². The van der Waals surface area contributed by atoms with Crippen LogP contribution in [-0.2, 0) is 18.4 Å². The van der Waals surface area contributed by atoms with Crippen molar-refractivity contribution in [2.24, 2.45) is 0 Å². The maximum absolute atomic E-state index is 12.9. The summed E-state index contributed by atoms with van der Waals surface area (Å²) in [4.78, 5) is 25.4. The van der Waals surface area contributed by atoms with Gasteiger partial charge in [-0.3, -0.25) is 9.36 Å². The number of phosphoric acid groups is 1. The second-order valence-corrected chi connectivity index (χ2v) is 19.9. The molecule has 0 spiro atoms. The highest BCUT2D eigenvalue weighted by atomic mass is 31.2. The van der Waals surface area contributed by atoms with Crippen molar-refractivity contribution in [3.05, 3.63) is 109 Å². The molecule has 0 aromatic rings. The number of nitrogens with one attached hydrogen (secondary N) is 1. The lowest BCUT2D eigenvalue weighted by molar-refractivity contribution is -0.870. The first-order valence-electron chi connectivity index (χ1n) is 26.2. The van der Waals surface area contributed by atoms with Crippen molar-refractivity contribution in [2.75, 3.05) is 40.9 Å². The van der Waals surface area contributed by atoms with E-state index < -0.39 is 26.6 Å². The predicted octanol–water partition coefficient (Wildman–Crippen LogP) is 15.0. The van der Waals surface area contributed by atoms with Crippen molar-refractivity contribution in [1.29, 1.82) is 0 Å². The minimum absolute atomic E-state index is 0.0167. The Hall–Kier alpha value is -2.84. The number of aliphatic hydroxyl groups is 1. The molecule has 0 aromatic heterocycles. The first-order valence-corrected chi connectivity index (χ1v) is 27.7. The van der Waals surface area contributed by atoms with E-state index >= 15 is 0 Å². The van der Waals surface area contributed by atoms with Crippen LogP contribution in [0.25, 0.3) is 0 Å². The standard InChI is InChI=1S/C57H99N2O6P/c1-6-8-10-12-14-16-18-20-22-24-25-26-27-28-29-30-31-32-33-35-37-39-41-43-45-47-49-51-57(61)58-55(54-65-66(62,63)64-53-52-59(3,4)5)56(60)50-48-46-44-42-40-38-36-34-23-21-19-17-15-13-11-9-7-2/h8,10,14,16,20,22-23,25-26,28-29,31-32,34,40,42,48,50,55-56,60H,6-7,9,11-13,15,17-19,21,24,27,30,33,35-39,41,43-47,49,51-54H2,1-5H3,(H-,58,61,62,63)/b10-8-,16-14-,22-20-,26-25-,29-28-,32-31-,34-23+,42-40+,50-48+. The molecule has 0 radical (unpaired) electrons. The van der Waals surface area contributed by atoms with Crippen molar-refractivity contribution in [1.82, 2.24) is 5.32 Å². The minimum atomic E-state index is -4.62. The Kier molecular flexibility index (Phi) is 45.2. The van der Waals surface area contributed by atoms with Crippen molar-refractivity contribution in [3.8, 4) is 0 Å². The fraction of sp³-hybridized carbons (Fsp3) is 0.667. The van der Waals surface area contributed by atoms with Gasteiger partial charge in [0.05, 0.1) is 39.9 Å². The van der Waals surface area contributed by atoms with Crippen LogP contribution < -0.4 is 10.2 Å². The van der Waals surface area contributed by atoms with E-state index in [-0.39, 0.29) is 12.5 Å². The summed E-state index contributed by atoms with van der Waals surface area (Å²) in [6, 6.07) is -0.922. The van der Waals surface area contributed by atoms with Crippen LogP contribution in [0.15, 0.2) is 109 Å². The van der Waals surface area contributed by atoms with Gasteiger partial charge in [-0.25, -0.2) is 0 Å². The summed E-state index contributed by atoms with van der Waals surface area (Å²) in [5.41, 5.74) is 0. The van der Waals surface area contributed by atoms with E-state index in [1.165, 1.54) is 77.0 Å². The van der Waals surface area contributed by atoms with Gasteiger partial charge in [0.2, 0.25) is 5.91 Å². The minimum Gasteiger partial charge on any atom is -0.756 e. The number of nitrogens with zero attached hydrogens (tertiary/aromatic N) is 1. The average molecular weight is 939 g/mol. The third kappa shape index (κ3) is 49.1. The SMILES string of the molecule is CC/C=C\C/C=C\C/C=C\C/C=C\C/C=C\C/C=C\CCCCCCCCCCC(=O)NC(COP(=O)([O-])OCC[N+](C)(C)C)C(O)/C=C/CC/C=C/CC/C=C/CCCCCCCCC. The van der Waals surface area contributed by atoms with Gasteiger partial charge in [0, 0.05) is 6.42 Å². The molecular formula is C57H99N2O6P. The molecule has 3 unspecified atom stereocenters. The highest BCUT2D eigenvalue weighted by Gasteiger charge is 2.23. The lowest BCUT2D eigenvalue weighted by Gasteiger charge is -2.29. The number of quaternary nitrogens is 1. The second kappa shape index (κ2) is 47.2. The van der Waals surface area contributed by atoms with Gasteiger partial charge in [-0.15, -0.1) is 0 Å². The van der Waals surface area contributed by atoms with Gasteiger partial charge in [0.15, 0.2) is 0 Å². The molecule has 0 aromatic carbocycles. The number of amides is 1. The van der Waals surface area contributed by atoms with Gasteiger partial charge < -0.3 is 28.8 Å².